The highest BCUT2D eigenvalue weighted by Crippen LogP contribution is 2.19. The van der Waals surface area contributed by atoms with Gasteiger partial charge in [-0.25, -0.2) is 4.68 Å². The molecule has 0 aromatic carbocycles. The summed E-state index contributed by atoms with van der Waals surface area (Å²) in [5, 5.41) is 20.2. The molecule has 0 amide bonds. The molecule has 0 spiro atoms. The van der Waals surface area contributed by atoms with Crippen LogP contribution in [0.25, 0.3) is 11.4 Å². The van der Waals surface area contributed by atoms with Gasteiger partial charge in [-0.2, -0.15) is 0 Å². The fourth-order valence-corrected chi connectivity index (χ4v) is 2.04. The molecule has 20 heavy (non-hydrogen) atoms. The number of halogens is 1. The third-order valence-corrected chi connectivity index (χ3v) is 3.04. The number of carboxylic acid groups (broad SMARTS) is 1. The van der Waals surface area contributed by atoms with Gasteiger partial charge in [0.05, 0.1) is 19.1 Å². The zero-order valence-electron chi connectivity index (χ0n) is 10.6. The van der Waals surface area contributed by atoms with Gasteiger partial charge in [-0.15, -0.1) is 5.10 Å². The van der Waals surface area contributed by atoms with Gasteiger partial charge in [0.1, 0.15) is 0 Å². The second-order valence-electron chi connectivity index (χ2n) is 4.03. The van der Waals surface area contributed by atoms with Crippen molar-refractivity contribution in [2.24, 2.45) is 0 Å². The van der Waals surface area contributed by atoms with Crippen LogP contribution in [0.1, 0.15) is 6.42 Å². The highest BCUT2D eigenvalue weighted by atomic mass is 79.9. The van der Waals surface area contributed by atoms with Crippen molar-refractivity contribution in [1.29, 1.82) is 0 Å². The number of tetrazole rings is 1. The second-order valence-corrected chi connectivity index (χ2v) is 4.95. The van der Waals surface area contributed by atoms with E-state index in [0.717, 1.165) is 10.0 Å². The van der Waals surface area contributed by atoms with Crippen LogP contribution in [0.3, 0.4) is 0 Å². The van der Waals surface area contributed by atoms with Crippen molar-refractivity contribution in [3.8, 4) is 11.4 Å². The Kier molecular flexibility index (Phi) is 4.74. The molecular formula is C11H12BrN5O3. The predicted molar refractivity (Wildman–Crippen MR) is 71.8 cm³/mol. The molecule has 106 valence electrons. The van der Waals surface area contributed by atoms with Crippen molar-refractivity contribution < 1.29 is 14.6 Å². The molecule has 0 aliphatic heterocycles. The molecule has 0 aliphatic rings. The fraction of sp³-hybridized carbons (Fsp3) is 0.364. The minimum atomic E-state index is -0.935. The van der Waals surface area contributed by atoms with Crippen LogP contribution in [-0.2, 0) is 16.1 Å². The molecule has 2 aromatic heterocycles. The standard InChI is InChI=1S/C11H12BrN5O3/c1-20-9(3-10(18)19)6-17-11(14-15-16-17)7-2-8(12)5-13-4-7/h2,4-5,9H,3,6H2,1H3,(H,18,19). The van der Waals surface area contributed by atoms with E-state index in [0.29, 0.717) is 5.82 Å². The summed E-state index contributed by atoms with van der Waals surface area (Å²) >= 11 is 3.33. The summed E-state index contributed by atoms with van der Waals surface area (Å²) in [7, 11) is 1.46. The van der Waals surface area contributed by atoms with Crippen molar-refractivity contribution in [1.82, 2.24) is 25.2 Å². The number of hydrogen-bond donors (Lipinski definition) is 1. The maximum Gasteiger partial charge on any atom is 0.306 e. The molecule has 2 rings (SSSR count). The van der Waals surface area contributed by atoms with Crippen LogP contribution in [0.5, 0.6) is 0 Å². The monoisotopic (exact) mass is 341 g/mol. The van der Waals surface area contributed by atoms with Gasteiger partial charge >= 0.3 is 5.97 Å². The third kappa shape index (κ3) is 3.58. The molecule has 0 fully saturated rings. The lowest BCUT2D eigenvalue weighted by molar-refractivity contribution is -0.139. The number of aromatic nitrogens is 5. The number of methoxy groups -OCH3 is 1. The Balaban J connectivity index is 2.22. The molecule has 1 atom stereocenters. The number of rotatable bonds is 6. The molecule has 9 heteroatoms. The maximum atomic E-state index is 10.7. The summed E-state index contributed by atoms with van der Waals surface area (Å²) in [5.74, 6) is -0.429. The maximum absolute atomic E-state index is 10.7. The van der Waals surface area contributed by atoms with Gasteiger partial charge in [0.25, 0.3) is 0 Å². The topological polar surface area (TPSA) is 103 Å². The molecule has 0 aliphatic carbocycles. The lowest BCUT2D eigenvalue weighted by Gasteiger charge is -2.13. The number of carboxylic acids is 1. The molecule has 1 unspecified atom stereocenters. The van der Waals surface area contributed by atoms with Crippen LogP contribution in [0.2, 0.25) is 0 Å². The van der Waals surface area contributed by atoms with Gasteiger partial charge in [0.15, 0.2) is 5.82 Å². The molecule has 2 aromatic rings. The SMILES string of the molecule is COC(CC(=O)O)Cn1nnnc1-c1cncc(Br)c1. The molecule has 0 radical (unpaired) electrons. The Bertz CT molecular complexity index is 603. The summed E-state index contributed by atoms with van der Waals surface area (Å²) in [6.45, 7) is 0.248. The van der Waals surface area contributed by atoms with E-state index in [1.807, 2.05) is 6.07 Å². The smallest absolute Gasteiger partial charge is 0.306 e. The van der Waals surface area contributed by atoms with E-state index in [2.05, 4.69) is 36.4 Å². The van der Waals surface area contributed by atoms with E-state index < -0.39 is 12.1 Å². The van der Waals surface area contributed by atoms with Crippen molar-refractivity contribution >= 4 is 21.9 Å². The number of pyridine rings is 1. The van der Waals surface area contributed by atoms with Gasteiger partial charge in [-0.3, -0.25) is 9.78 Å². The normalized spacial score (nSPS) is 12.3. The number of ether oxygens (including phenoxy) is 1. The van der Waals surface area contributed by atoms with E-state index >= 15 is 0 Å². The molecule has 0 saturated carbocycles. The van der Waals surface area contributed by atoms with Crippen molar-refractivity contribution in [2.45, 2.75) is 19.1 Å². The fourth-order valence-electron chi connectivity index (χ4n) is 1.68. The average Bonchev–Trinajstić information content (AvgIpc) is 2.85. The lowest BCUT2D eigenvalue weighted by Crippen LogP contribution is -2.23. The molecule has 2 heterocycles. The average molecular weight is 342 g/mol. The molecule has 1 N–H and O–H groups in total. The highest BCUT2D eigenvalue weighted by Gasteiger charge is 2.17. The summed E-state index contributed by atoms with van der Waals surface area (Å²) in [4.78, 5) is 14.8. The Morgan fingerprint density at radius 1 is 1.55 bits per heavy atom. The van der Waals surface area contributed by atoms with Crippen molar-refractivity contribution in [3.63, 3.8) is 0 Å². The minimum absolute atomic E-state index is 0.119. The summed E-state index contributed by atoms with van der Waals surface area (Å²) in [6.07, 6.45) is 2.66. The first-order valence-electron chi connectivity index (χ1n) is 5.72. The van der Waals surface area contributed by atoms with E-state index in [1.54, 1.807) is 12.4 Å². The molecule has 0 saturated heterocycles. The molecule has 0 bridgehead atoms. The van der Waals surface area contributed by atoms with Crippen LogP contribution in [0.4, 0.5) is 0 Å². The van der Waals surface area contributed by atoms with Crippen LogP contribution < -0.4 is 0 Å². The van der Waals surface area contributed by atoms with Crippen LogP contribution in [-0.4, -0.2) is 49.5 Å². The lowest BCUT2D eigenvalue weighted by atomic mass is 10.2. The Morgan fingerprint density at radius 2 is 2.35 bits per heavy atom. The van der Waals surface area contributed by atoms with E-state index in [1.165, 1.54) is 11.8 Å². The first-order valence-corrected chi connectivity index (χ1v) is 6.51. The summed E-state index contributed by atoms with van der Waals surface area (Å²) in [6, 6.07) is 1.83. The number of nitrogens with zero attached hydrogens (tertiary/aromatic N) is 5. The van der Waals surface area contributed by atoms with E-state index in [4.69, 9.17) is 9.84 Å². The van der Waals surface area contributed by atoms with Gasteiger partial charge in [0.2, 0.25) is 0 Å². The number of carbonyl (C=O) groups is 1. The second kappa shape index (κ2) is 6.53. The van der Waals surface area contributed by atoms with Crippen LogP contribution in [0, 0.1) is 0 Å². The highest BCUT2D eigenvalue weighted by molar-refractivity contribution is 9.10. The van der Waals surface area contributed by atoms with E-state index in [-0.39, 0.29) is 13.0 Å². The van der Waals surface area contributed by atoms with Crippen molar-refractivity contribution in [3.05, 3.63) is 22.9 Å². The molecular weight excluding hydrogens is 330 g/mol. The Labute approximate surface area is 122 Å². The van der Waals surface area contributed by atoms with Gasteiger partial charge < -0.3 is 9.84 Å². The van der Waals surface area contributed by atoms with Crippen molar-refractivity contribution in [2.75, 3.05) is 7.11 Å². The van der Waals surface area contributed by atoms with Gasteiger partial charge in [0, 0.05) is 29.5 Å². The number of aliphatic carboxylic acids is 1. The predicted octanol–water partition coefficient (Wildman–Crippen LogP) is 0.987. The Morgan fingerprint density at radius 3 is 3.00 bits per heavy atom. The zero-order chi connectivity index (χ0) is 14.5. The quantitative estimate of drug-likeness (QED) is 0.835. The minimum Gasteiger partial charge on any atom is -0.481 e. The first-order chi connectivity index (χ1) is 9.60. The first kappa shape index (κ1) is 14.5. The van der Waals surface area contributed by atoms with Crippen LogP contribution in [0.15, 0.2) is 22.9 Å². The summed E-state index contributed by atoms with van der Waals surface area (Å²) in [5.41, 5.74) is 0.731. The largest absolute Gasteiger partial charge is 0.481 e. The zero-order valence-corrected chi connectivity index (χ0v) is 12.2. The Hall–Kier alpha value is -1.87. The molecule has 8 nitrogen and oxygen atoms in total. The van der Waals surface area contributed by atoms with Gasteiger partial charge in [-0.1, -0.05) is 0 Å². The third-order valence-electron chi connectivity index (χ3n) is 2.61. The van der Waals surface area contributed by atoms with Gasteiger partial charge in [-0.05, 0) is 32.4 Å². The summed E-state index contributed by atoms with van der Waals surface area (Å²) < 4.78 is 7.43. The van der Waals surface area contributed by atoms with Crippen LogP contribution >= 0.6 is 15.9 Å². The van der Waals surface area contributed by atoms with E-state index in [9.17, 15) is 4.79 Å². The number of hydrogen-bond acceptors (Lipinski definition) is 6.